The van der Waals surface area contributed by atoms with Crippen LogP contribution in [-0.2, 0) is 0 Å². The molecule has 0 atom stereocenters. The molecule has 0 aliphatic carbocycles. The molecule has 1 heterocycles. The summed E-state index contributed by atoms with van der Waals surface area (Å²) in [6, 6.07) is 1.57. The van der Waals surface area contributed by atoms with Crippen LogP contribution in [0.2, 0.25) is 0 Å². The van der Waals surface area contributed by atoms with E-state index in [4.69, 9.17) is 5.73 Å². The van der Waals surface area contributed by atoms with Crippen molar-refractivity contribution < 1.29 is 8.78 Å². The van der Waals surface area contributed by atoms with Crippen LogP contribution in [0.25, 0.3) is 0 Å². The monoisotopic (exact) mass is 284 g/mol. The van der Waals surface area contributed by atoms with Crippen molar-refractivity contribution in [3.8, 4) is 0 Å². The largest absolute Gasteiger partial charge is 0.398 e. The molecule has 0 bridgehead atoms. The normalized spacial score (nSPS) is 10.8. The lowest BCUT2D eigenvalue weighted by Crippen LogP contribution is -2.01. The molecule has 2 N–H and O–H groups in total. The number of anilines is 1. The van der Waals surface area contributed by atoms with Crippen LogP contribution < -0.4 is 5.73 Å². The summed E-state index contributed by atoms with van der Waals surface area (Å²) in [5.41, 5.74) is 5.99. The Bertz CT molecular complexity index is 302. The molecule has 0 unspecified atom stereocenters. The van der Waals surface area contributed by atoms with E-state index in [1.54, 1.807) is 13.0 Å². The van der Waals surface area contributed by atoms with Crippen LogP contribution in [0.5, 0.6) is 0 Å². The zero-order valence-electron chi connectivity index (χ0n) is 6.31. The summed E-state index contributed by atoms with van der Waals surface area (Å²) in [5.74, 6) is 0. The molecule has 0 radical (unpaired) electrons. The van der Waals surface area contributed by atoms with E-state index in [-0.39, 0.29) is 5.69 Å². The molecule has 5 heteroatoms. The second-order valence-corrected chi connectivity index (χ2v) is 3.45. The third-order valence-corrected chi connectivity index (χ3v) is 2.08. The minimum Gasteiger partial charge on any atom is -0.398 e. The fraction of sp³-hybridized carbons (Fsp3) is 0.286. The molecular formula is C7H7F2IN2. The van der Waals surface area contributed by atoms with Crippen molar-refractivity contribution in [3.05, 3.63) is 21.0 Å². The maximum Gasteiger partial charge on any atom is 0.280 e. The van der Waals surface area contributed by atoms with Crippen LogP contribution in [0.3, 0.4) is 0 Å². The van der Waals surface area contributed by atoms with Crippen LogP contribution in [0.1, 0.15) is 17.7 Å². The highest BCUT2D eigenvalue weighted by Crippen LogP contribution is 2.25. The summed E-state index contributed by atoms with van der Waals surface area (Å²) in [4.78, 5) is 3.69. The minimum absolute atomic E-state index is 0.223. The number of pyridine rings is 1. The van der Waals surface area contributed by atoms with Gasteiger partial charge in [0, 0.05) is 5.69 Å². The summed E-state index contributed by atoms with van der Waals surface area (Å²) >= 11 is 1.86. The molecule has 0 fully saturated rings. The first-order chi connectivity index (χ1) is 5.52. The van der Waals surface area contributed by atoms with E-state index in [1.807, 2.05) is 22.6 Å². The number of nitrogens with zero attached hydrogens (tertiary/aromatic N) is 1. The van der Waals surface area contributed by atoms with Crippen molar-refractivity contribution in [1.82, 2.24) is 4.98 Å². The number of nitrogen functional groups attached to an aromatic ring is 1. The van der Waals surface area contributed by atoms with Crippen LogP contribution in [0, 0.1) is 10.6 Å². The van der Waals surface area contributed by atoms with Gasteiger partial charge in [0.1, 0.15) is 9.39 Å². The first-order valence-corrected chi connectivity index (χ1v) is 4.31. The van der Waals surface area contributed by atoms with Gasteiger partial charge in [-0.3, -0.25) is 0 Å². The smallest absolute Gasteiger partial charge is 0.280 e. The molecule has 1 aromatic rings. The number of hydrogen-bond acceptors (Lipinski definition) is 2. The lowest BCUT2D eigenvalue weighted by molar-refractivity contribution is 0.145. The van der Waals surface area contributed by atoms with Gasteiger partial charge in [-0.05, 0) is 41.1 Å². The highest BCUT2D eigenvalue weighted by molar-refractivity contribution is 14.1. The fourth-order valence-corrected chi connectivity index (χ4v) is 1.42. The average Bonchev–Trinajstić information content (AvgIpc) is 1.96. The lowest BCUT2D eigenvalue weighted by Gasteiger charge is -2.06. The summed E-state index contributed by atoms with van der Waals surface area (Å²) in [6.07, 6.45) is -2.55. The Kier molecular flexibility index (Phi) is 2.81. The molecule has 66 valence electrons. The topological polar surface area (TPSA) is 38.9 Å². The average molecular weight is 284 g/mol. The number of hydrogen-bond donors (Lipinski definition) is 1. The molecule has 0 aliphatic rings. The fourth-order valence-electron chi connectivity index (χ4n) is 0.828. The first kappa shape index (κ1) is 9.63. The van der Waals surface area contributed by atoms with Gasteiger partial charge < -0.3 is 5.73 Å². The van der Waals surface area contributed by atoms with Gasteiger partial charge in [-0.1, -0.05) is 0 Å². The van der Waals surface area contributed by atoms with E-state index in [0.29, 0.717) is 15.0 Å². The van der Waals surface area contributed by atoms with Crippen molar-refractivity contribution in [2.75, 3.05) is 5.73 Å². The second kappa shape index (κ2) is 3.51. The molecule has 0 aliphatic heterocycles. The molecule has 0 saturated carbocycles. The number of halogens is 3. The van der Waals surface area contributed by atoms with Gasteiger partial charge in [-0.15, -0.1) is 0 Å². The van der Waals surface area contributed by atoms with Crippen molar-refractivity contribution in [2.45, 2.75) is 13.3 Å². The lowest BCUT2D eigenvalue weighted by atomic mass is 10.2. The predicted octanol–water partition coefficient (Wildman–Crippen LogP) is 2.51. The number of nitrogens with two attached hydrogens (primary N) is 1. The van der Waals surface area contributed by atoms with E-state index in [1.165, 1.54) is 0 Å². The molecule has 0 aromatic carbocycles. The minimum atomic E-state index is -2.55. The highest BCUT2D eigenvalue weighted by Gasteiger charge is 2.14. The zero-order valence-corrected chi connectivity index (χ0v) is 8.47. The summed E-state index contributed by atoms with van der Waals surface area (Å²) in [7, 11) is 0. The van der Waals surface area contributed by atoms with Crippen molar-refractivity contribution in [2.24, 2.45) is 0 Å². The molecule has 1 rings (SSSR count). The molecule has 2 nitrogen and oxygen atoms in total. The van der Waals surface area contributed by atoms with Gasteiger partial charge >= 0.3 is 0 Å². The maximum absolute atomic E-state index is 12.3. The zero-order chi connectivity index (χ0) is 9.30. The Morgan fingerprint density at radius 1 is 1.58 bits per heavy atom. The first-order valence-electron chi connectivity index (χ1n) is 3.23. The third kappa shape index (κ3) is 1.82. The van der Waals surface area contributed by atoms with Gasteiger partial charge in [0.05, 0.1) is 0 Å². The van der Waals surface area contributed by atoms with Crippen molar-refractivity contribution in [1.29, 1.82) is 0 Å². The van der Waals surface area contributed by atoms with Crippen molar-refractivity contribution >= 4 is 28.3 Å². The second-order valence-electron chi connectivity index (χ2n) is 2.35. The van der Waals surface area contributed by atoms with Crippen LogP contribution in [-0.4, -0.2) is 4.98 Å². The SMILES string of the molecule is Cc1c(N)cc(I)nc1C(F)F. The molecule has 12 heavy (non-hydrogen) atoms. The molecule has 0 amide bonds. The third-order valence-electron chi connectivity index (χ3n) is 1.53. The van der Waals surface area contributed by atoms with Crippen LogP contribution in [0.15, 0.2) is 6.07 Å². The molecular weight excluding hydrogens is 277 g/mol. The van der Waals surface area contributed by atoms with Gasteiger partial charge in [0.15, 0.2) is 0 Å². The maximum atomic E-state index is 12.3. The Morgan fingerprint density at radius 3 is 2.67 bits per heavy atom. The van der Waals surface area contributed by atoms with Gasteiger partial charge in [0.25, 0.3) is 6.43 Å². The molecule has 0 spiro atoms. The Morgan fingerprint density at radius 2 is 2.17 bits per heavy atom. The van der Waals surface area contributed by atoms with Gasteiger partial charge in [-0.25, -0.2) is 13.8 Å². The van der Waals surface area contributed by atoms with Crippen molar-refractivity contribution in [3.63, 3.8) is 0 Å². The Hall–Kier alpha value is -0.460. The van der Waals surface area contributed by atoms with E-state index in [0.717, 1.165) is 0 Å². The quantitative estimate of drug-likeness (QED) is 0.635. The predicted molar refractivity (Wildman–Crippen MR) is 51.1 cm³/mol. The van der Waals surface area contributed by atoms with E-state index < -0.39 is 6.43 Å². The number of aromatic nitrogens is 1. The van der Waals surface area contributed by atoms with E-state index in [2.05, 4.69) is 4.98 Å². The van der Waals surface area contributed by atoms with Gasteiger partial charge in [0.2, 0.25) is 0 Å². The van der Waals surface area contributed by atoms with Crippen LogP contribution in [0.4, 0.5) is 14.5 Å². The summed E-state index contributed by atoms with van der Waals surface area (Å²) < 4.78 is 25.0. The highest BCUT2D eigenvalue weighted by atomic mass is 127. The van der Waals surface area contributed by atoms with Gasteiger partial charge in [-0.2, -0.15) is 0 Å². The van der Waals surface area contributed by atoms with Crippen LogP contribution >= 0.6 is 22.6 Å². The number of rotatable bonds is 1. The Balaban J connectivity index is 3.28. The van der Waals surface area contributed by atoms with E-state index in [9.17, 15) is 8.78 Å². The molecule has 0 saturated heterocycles. The molecule has 1 aromatic heterocycles. The summed E-state index contributed by atoms with van der Waals surface area (Å²) in [5, 5.41) is 0. The van der Waals surface area contributed by atoms with E-state index >= 15 is 0 Å². The number of alkyl halides is 2. The standard InChI is InChI=1S/C7H7F2IN2/c1-3-4(11)2-5(10)12-6(3)7(8)9/h2,7H,1H3,(H2,11,12). The Labute approximate surface area is 82.3 Å². The summed E-state index contributed by atoms with van der Waals surface area (Å²) in [6.45, 7) is 1.54.